The number of rotatable bonds is 5. The minimum absolute atomic E-state index is 0.0513. The molecule has 0 saturated carbocycles. The van der Waals surface area contributed by atoms with E-state index in [4.69, 9.17) is 0 Å². The Morgan fingerprint density at radius 3 is 1.54 bits per heavy atom. The highest BCUT2D eigenvalue weighted by Crippen LogP contribution is 2.41. The summed E-state index contributed by atoms with van der Waals surface area (Å²) in [6, 6.07) is 15.1. The molecule has 26 heavy (non-hydrogen) atoms. The van der Waals surface area contributed by atoms with Gasteiger partial charge in [-0.15, -0.1) is 0 Å². The van der Waals surface area contributed by atoms with Gasteiger partial charge >= 0.3 is 0 Å². The number of hydrogen-bond acceptors (Lipinski definition) is 5. The smallest absolute Gasteiger partial charge is 0.150 e. The summed E-state index contributed by atoms with van der Waals surface area (Å²) in [6.45, 7) is 0. The van der Waals surface area contributed by atoms with Crippen LogP contribution in [0.2, 0.25) is 0 Å². The number of phenols is 3. The molecule has 0 saturated heterocycles. The third-order valence-corrected chi connectivity index (χ3v) is 4.22. The molecule has 5 heteroatoms. The standard InChI is InChI=1S/C21H16O5/c22-11-13-1-7-19(25)17(9-13)21(15-3-5-16(24)6-4-15)18-10-14(12-23)2-8-20(18)26/h1-12,21,24-26H. The van der Waals surface area contributed by atoms with Crippen molar-refractivity contribution in [3.8, 4) is 17.2 Å². The van der Waals surface area contributed by atoms with Crippen LogP contribution in [0, 0.1) is 0 Å². The molecule has 3 aromatic carbocycles. The van der Waals surface area contributed by atoms with Crippen LogP contribution in [-0.2, 0) is 0 Å². The number of carbonyl (C=O) groups excluding carboxylic acids is 2. The number of aldehydes is 2. The lowest BCUT2D eigenvalue weighted by molar-refractivity contribution is 0.111. The minimum atomic E-state index is -0.643. The molecule has 0 amide bonds. The minimum Gasteiger partial charge on any atom is -0.508 e. The van der Waals surface area contributed by atoms with Crippen molar-refractivity contribution in [2.24, 2.45) is 0 Å². The zero-order chi connectivity index (χ0) is 18.7. The van der Waals surface area contributed by atoms with E-state index < -0.39 is 5.92 Å². The van der Waals surface area contributed by atoms with E-state index in [0.717, 1.165) is 0 Å². The third-order valence-electron chi connectivity index (χ3n) is 4.22. The second-order valence-corrected chi connectivity index (χ2v) is 5.90. The lowest BCUT2D eigenvalue weighted by atomic mass is 9.83. The molecule has 0 heterocycles. The van der Waals surface area contributed by atoms with Gasteiger partial charge in [-0.3, -0.25) is 9.59 Å². The molecule has 0 bridgehead atoms. The molecule has 0 aliphatic carbocycles. The van der Waals surface area contributed by atoms with Crippen molar-refractivity contribution in [3.05, 3.63) is 88.5 Å². The maximum atomic E-state index is 11.2. The van der Waals surface area contributed by atoms with Crippen molar-refractivity contribution < 1.29 is 24.9 Å². The molecule has 3 N–H and O–H groups in total. The molecular weight excluding hydrogens is 332 g/mol. The monoisotopic (exact) mass is 348 g/mol. The normalized spacial score (nSPS) is 10.7. The highest BCUT2D eigenvalue weighted by Gasteiger charge is 2.23. The highest BCUT2D eigenvalue weighted by atomic mass is 16.3. The molecule has 0 aliphatic heterocycles. The van der Waals surface area contributed by atoms with Crippen LogP contribution >= 0.6 is 0 Å². The Morgan fingerprint density at radius 1 is 0.654 bits per heavy atom. The predicted octanol–water partition coefficient (Wildman–Crippen LogP) is 3.61. The van der Waals surface area contributed by atoms with Gasteiger partial charge in [-0.05, 0) is 54.1 Å². The Hall–Kier alpha value is -3.60. The van der Waals surface area contributed by atoms with Gasteiger partial charge in [0.05, 0.1) is 0 Å². The van der Waals surface area contributed by atoms with E-state index >= 15 is 0 Å². The molecule has 5 nitrogen and oxygen atoms in total. The fourth-order valence-electron chi connectivity index (χ4n) is 2.95. The van der Waals surface area contributed by atoms with E-state index in [1.54, 1.807) is 12.1 Å². The maximum absolute atomic E-state index is 11.2. The first kappa shape index (κ1) is 17.2. The topological polar surface area (TPSA) is 94.8 Å². The van der Waals surface area contributed by atoms with E-state index in [-0.39, 0.29) is 17.2 Å². The molecule has 3 rings (SSSR count). The van der Waals surface area contributed by atoms with Gasteiger partial charge in [0.25, 0.3) is 0 Å². The van der Waals surface area contributed by atoms with Crippen LogP contribution in [-0.4, -0.2) is 27.9 Å². The highest BCUT2D eigenvalue weighted by molar-refractivity contribution is 5.77. The SMILES string of the molecule is O=Cc1ccc(O)c(C(c2ccc(O)cc2)c2cc(C=O)ccc2O)c1. The van der Waals surface area contributed by atoms with Gasteiger partial charge in [0, 0.05) is 28.2 Å². The van der Waals surface area contributed by atoms with Crippen molar-refractivity contribution in [1.29, 1.82) is 0 Å². The van der Waals surface area contributed by atoms with Crippen LogP contribution in [0.4, 0.5) is 0 Å². The van der Waals surface area contributed by atoms with E-state index in [1.807, 2.05) is 0 Å². The van der Waals surface area contributed by atoms with Crippen molar-refractivity contribution in [1.82, 2.24) is 0 Å². The van der Waals surface area contributed by atoms with Crippen LogP contribution < -0.4 is 0 Å². The predicted molar refractivity (Wildman–Crippen MR) is 96.0 cm³/mol. The number of hydrogen-bond donors (Lipinski definition) is 3. The first-order valence-corrected chi connectivity index (χ1v) is 7.88. The van der Waals surface area contributed by atoms with E-state index in [2.05, 4.69) is 0 Å². The van der Waals surface area contributed by atoms with Crippen LogP contribution in [0.5, 0.6) is 17.2 Å². The molecule has 0 fully saturated rings. The summed E-state index contributed by atoms with van der Waals surface area (Å²) in [5.41, 5.74) is 2.21. The van der Waals surface area contributed by atoms with Crippen LogP contribution in [0.15, 0.2) is 60.7 Å². The van der Waals surface area contributed by atoms with Crippen LogP contribution in [0.3, 0.4) is 0 Å². The molecule has 0 radical (unpaired) electrons. The summed E-state index contributed by atoms with van der Waals surface area (Å²) in [4.78, 5) is 22.3. The summed E-state index contributed by atoms with van der Waals surface area (Å²) >= 11 is 0. The average Bonchev–Trinajstić information content (AvgIpc) is 2.66. The molecule has 0 aliphatic rings. The van der Waals surface area contributed by atoms with Crippen molar-refractivity contribution in [3.63, 3.8) is 0 Å². The van der Waals surface area contributed by atoms with Gasteiger partial charge < -0.3 is 15.3 Å². The summed E-state index contributed by atoms with van der Waals surface area (Å²) in [5, 5.41) is 30.3. The van der Waals surface area contributed by atoms with Crippen LogP contribution in [0.25, 0.3) is 0 Å². The summed E-state index contributed by atoms with van der Waals surface area (Å²) < 4.78 is 0. The summed E-state index contributed by atoms with van der Waals surface area (Å²) in [5.74, 6) is -0.672. The quantitative estimate of drug-likeness (QED) is 0.484. The average molecular weight is 348 g/mol. The Kier molecular flexibility index (Phi) is 4.71. The third kappa shape index (κ3) is 3.28. The zero-order valence-corrected chi connectivity index (χ0v) is 13.7. The molecule has 0 spiro atoms. The van der Waals surface area contributed by atoms with Gasteiger partial charge in [0.2, 0.25) is 0 Å². The number of carbonyl (C=O) groups is 2. The Morgan fingerprint density at radius 2 is 1.12 bits per heavy atom. The van der Waals surface area contributed by atoms with Crippen molar-refractivity contribution in [2.75, 3.05) is 0 Å². The number of benzene rings is 3. The zero-order valence-electron chi connectivity index (χ0n) is 13.7. The second-order valence-electron chi connectivity index (χ2n) is 5.90. The van der Waals surface area contributed by atoms with Gasteiger partial charge in [-0.2, -0.15) is 0 Å². The fraction of sp³-hybridized carbons (Fsp3) is 0.0476. The molecule has 3 aromatic rings. The number of phenolic OH excluding ortho intramolecular Hbond substituents is 3. The van der Waals surface area contributed by atoms with E-state index in [0.29, 0.717) is 40.4 Å². The Labute approximate surface area is 149 Å². The van der Waals surface area contributed by atoms with Gasteiger partial charge in [-0.25, -0.2) is 0 Å². The number of aromatic hydroxyl groups is 3. The molecule has 130 valence electrons. The summed E-state index contributed by atoms with van der Waals surface area (Å²) in [6.07, 6.45) is 1.33. The van der Waals surface area contributed by atoms with Crippen LogP contribution in [0.1, 0.15) is 43.3 Å². The summed E-state index contributed by atoms with van der Waals surface area (Å²) in [7, 11) is 0. The lowest BCUT2D eigenvalue weighted by Gasteiger charge is -2.21. The Balaban J connectivity index is 2.29. The molecule has 0 unspecified atom stereocenters. The fourth-order valence-corrected chi connectivity index (χ4v) is 2.95. The second kappa shape index (κ2) is 7.11. The first-order valence-electron chi connectivity index (χ1n) is 7.88. The van der Waals surface area contributed by atoms with Crippen molar-refractivity contribution >= 4 is 12.6 Å². The lowest BCUT2D eigenvalue weighted by Crippen LogP contribution is -2.06. The molecular formula is C21H16O5. The van der Waals surface area contributed by atoms with E-state index in [1.165, 1.54) is 48.5 Å². The van der Waals surface area contributed by atoms with E-state index in [9.17, 15) is 24.9 Å². The van der Waals surface area contributed by atoms with Gasteiger partial charge in [0.15, 0.2) is 0 Å². The van der Waals surface area contributed by atoms with Gasteiger partial charge in [-0.1, -0.05) is 12.1 Å². The molecule has 0 atom stereocenters. The first-order chi connectivity index (χ1) is 12.5. The van der Waals surface area contributed by atoms with Gasteiger partial charge in [0.1, 0.15) is 29.8 Å². The maximum Gasteiger partial charge on any atom is 0.150 e. The Bertz CT molecular complexity index is 903. The van der Waals surface area contributed by atoms with Crippen molar-refractivity contribution in [2.45, 2.75) is 5.92 Å². The largest absolute Gasteiger partial charge is 0.508 e. The molecule has 0 aromatic heterocycles.